The third-order valence-corrected chi connectivity index (χ3v) is 6.05. The maximum atomic E-state index is 12.2. The Morgan fingerprint density at radius 1 is 1.04 bits per heavy atom. The maximum absolute atomic E-state index is 12.2. The van der Waals surface area contributed by atoms with Gasteiger partial charge in [-0.15, -0.1) is 11.3 Å². The van der Waals surface area contributed by atoms with Gasteiger partial charge in [-0.3, -0.25) is 4.79 Å². The first-order valence-corrected chi connectivity index (χ1v) is 8.95. The zero-order valence-electron chi connectivity index (χ0n) is 12.7. The van der Waals surface area contributed by atoms with Crippen molar-refractivity contribution in [1.82, 2.24) is 4.98 Å². The van der Waals surface area contributed by atoms with Gasteiger partial charge in [-0.1, -0.05) is 36.4 Å². The number of nitrogens with zero attached hydrogens (tertiary/aromatic N) is 1. The molecule has 1 aliphatic heterocycles. The lowest BCUT2D eigenvalue weighted by molar-refractivity contribution is 0.410. The number of halogens is 1. The van der Waals surface area contributed by atoms with E-state index >= 15 is 0 Å². The highest BCUT2D eigenvalue weighted by Gasteiger charge is 2.17. The monoisotopic (exact) mass is 397 g/mol. The molecule has 2 aromatic rings. The van der Waals surface area contributed by atoms with E-state index < -0.39 is 0 Å². The van der Waals surface area contributed by atoms with Gasteiger partial charge in [-0.25, -0.2) is 4.98 Å². The van der Waals surface area contributed by atoms with Gasteiger partial charge >= 0.3 is 0 Å². The second-order valence-electron chi connectivity index (χ2n) is 5.33. The van der Waals surface area contributed by atoms with Gasteiger partial charge in [0.25, 0.3) is 0 Å². The number of benzene rings is 3. The molecular weight excluding hydrogens is 386 g/mol. The molecule has 2 aliphatic rings. The largest absolute Gasteiger partial charge is 0.493 e. The number of hydrogen-bond donors (Lipinski definition) is 0. The van der Waals surface area contributed by atoms with Gasteiger partial charge < -0.3 is 4.74 Å². The van der Waals surface area contributed by atoms with Gasteiger partial charge in [0.05, 0.1) is 32.4 Å². The van der Waals surface area contributed by atoms with E-state index in [9.17, 15) is 4.79 Å². The zero-order chi connectivity index (χ0) is 16.7. The molecule has 3 nitrogen and oxygen atoms in total. The quantitative estimate of drug-likeness (QED) is 0.436. The van der Waals surface area contributed by atoms with Gasteiger partial charge in [0, 0.05) is 6.07 Å². The van der Waals surface area contributed by atoms with Crippen molar-refractivity contribution < 1.29 is 4.74 Å². The van der Waals surface area contributed by atoms with E-state index in [1.54, 1.807) is 17.4 Å². The zero-order valence-corrected chi connectivity index (χ0v) is 15.1. The summed E-state index contributed by atoms with van der Waals surface area (Å²) in [7, 11) is 1.49. The predicted octanol–water partition coefficient (Wildman–Crippen LogP) is 5.20. The molecule has 1 heterocycles. The molecule has 4 rings (SSSR count). The van der Waals surface area contributed by atoms with E-state index in [1.165, 1.54) is 7.11 Å². The van der Waals surface area contributed by atoms with E-state index in [0.717, 1.165) is 31.9 Å². The summed E-state index contributed by atoms with van der Waals surface area (Å²) >= 11 is 4.95. The summed E-state index contributed by atoms with van der Waals surface area (Å²) < 4.78 is 6.68. The van der Waals surface area contributed by atoms with Crippen LogP contribution >= 0.6 is 27.3 Å². The first-order valence-electron chi connectivity index (χ1n) is 7.34. The van der Waals surface area contributed by atoms with Crippen LogP contribution in [-0.4, -0.2) is 12.1 Å². The van der Waals surface area contributed by atoms with Crippen LogP contribution < -0.4 is 10.2 Å². The van der Waals surface area contributed by atoms with Crippen molar-refractivity contribution in [3.8, 4) is 27.4 Å². The average molecular weight is 398 g/mol. The van der Waals surface area contributed by atoms with Crippen LogP contribution in [0.5, 0.6) is 5.75 Å². The molecule has 0 fully saturated rings. The maximum Gasteiger partial charge on any atom is 0.236 e. The van der Waals surface area contributed by atoms with Crippen LogP contribution in [0.2, 0.25) is 0 Å². The van der Waals surface area contributed by atoms with Gasteiger partial charge in [0.1, 0.15) is 0 Å². The summed E-state index contributed by atoms with van der Waals surface area (Å²) in [6.07, 6.45) is 0. The molecule has 5 heteroatoms. The van der Waals surface area contributed by atoms with Gasteiger partial charge in [-0.2, -0.15) is 0 Å². The molecule has 0 saturated carbocycles. The summed E-state index contributed by atoms with van der Waals surface area (Å²) in [6, 6.07) is 18.1. The fourth-order valence-electron chi connectivity index (χ4n) is 2.65. The molecule has 1 aliphatic carbocycles. The highest BCUT2D eigenvalue weighted by Crippen LogP contribution is 2.37. The van der Waals surface area contributed by atoms with Crippen molar-refractivity contribution >= 4 is 37.5 Å². The number of fused-ring (bicyclic) bond motifs is 2. The minimum absolute atomic E-state index is 0.151. The minimum Gasteiger partial charge on any atom is -0.493 e. The second kappa shape index (κ2) is 6.00. The normalized spacial score (nSPS) is 11.1. The van der Waals surface area contributed by atoms with Crippen molar-refractivity contribution in [3.63, 3.8) is 0 Å². The van der Waals surface area contributed by atoms with Crippen LogP contribution in [0.25, 0.3) is 31.9 Å². The standard InChI is InChI=1S/C19H12BrNO2S/c1-23-15-10-14-19(17(20)18(15)22)24-16-9-12(7-8-13(16)21-14)11-5-3-2-4-6-11/h2-10H,1H3. The highest BCUT2D eigenvalue weighted by atomic mass is 79.9. The number of rotatable bonds is 2. The summed E-state index contributed by atoms with van der Waals surface area (Å²) in [4.78, 5) is 17.8. The SMILES string of the molecule is COc1cc2nc3ccc(-c4ccccc4)cc3sc-2c(Br)c1=O. The molecule has 0 unspecified atom stereocenters. The molecule has 0 atom stereocenters. The first-order chi connectivity index (χ1) is 11.7. The molecule has 0 spiro atoms. The minimum atomic E-state index is -0.151. The summed E-state index contributed by atoms with van der Waals surface area (Å²) in [5.41, 5.74) is 3.79. The van der Waals surface area contributed by atoms with E-state index in [1.807, 2.05) is 24.3 Å². The smallest absolute Gasteiger partial charge is 0.236 e. The van der Waals surface area contributed by atoms with E-state index in [-0.39, 0.29) is 5.43 Å². The third-order valence-electron chi connectivity index (χ3n) is 3.86. The predicted molar refractivity (Wildman–Crippen MR) is 102 cm³/mol. The van der Waals surface area contributed by atoms with E-state index in [2.05, 4.69) is 45.2 Å². The average Bonchev–Trinajstić information content (AvgIpc) is 2.63. The Balaban J connectivity index is 1.99. The third kappa shape index (κ3) is 2.50. The van der Waals surface area contributed by atoms with Crippen LogP contribution in [0.1, 0.15) is 0 Å². The first kappa shape index (κ1) is 15.3. The molecule has 0 radical (unpaired) electrons. The van der Waals surface area contributed by atoms with Crippen molar-refractivity contribution in [2.75, 3.05) is 7.11 Å². The molecule has 0 aromatic heterocycles. The molecule has 118 valence electrons. The van der Waals surface area contributed by atoms with Crippen molar-refractivity contribution in [3.05, 3.63) is 69.3 Å². The molecule has 0 saturated heterocycles. The van der Waals surface area contributed by atoms with Crippen molar-refractivity contribution in [2.45, 2.75) is 0 Å². The Labute approximate surface area is 151 Å². The molecule has 0 N–H and O–H groups in total. The van der Waals surface area contributed by atoms with Gasteiger partial charge in [0.15, 0.2) is 5.75 Å². The molecule has 24 heavy (non-hydrogen) atoms. The number of hydrogen-bond acceptors (Lipinski definition) is 4. The highest BCUT2D eigenvalue weighted by molar-refractivity contribution is 9.10. The summed E-state index contributed by atoms with van der Waals surface area (Å²) in [5.74, 6) is 0.300. The fraction of sp³-hybridized carbons (Fsp3) is 0.0526. The Morgan fingerprint density at radius 2 is 1.83 bits per heavy atom. The molecular formula is C19H12BrNO2S. The second-order valence-corrected chi connectivity index (χ2v) is 7.18. The topological polar surface area (TPSA) is 39.2 Å². The van der Waals surface area contributed by atoms with E-state index in [4.69, 9.17) is 4.74 Å². The van der Waals surface area contributed by atoms with Crippen LogP contribution in [0.4, 0.5) is 0 Å². The van der Waals surface area contributed by atoms with Gasteiger partial charge in [0.2, 0.25) is 5.43 Å². The van der Waals surface area contributed by atoms with Crippen molar-refractivity contribution in [2.24, 2.45) is 0 Å². The number of aromatic nitrogens is 1. The van der Waals surface area contributed by atoms with Crippen LogP contribution in [0.15, 0.2) is 63.9 Å². The summed E-state index contributed by atoms with van der Waals surface area (Å²) in [5, 5.41) is 0. The summed E-state index contributed by atoms with van der Waals surface area (Å²) in [6.45, 7) is 0. The lowest BCUT2D eigenvalue weighted by Crippen LogP contribution is -2.08. The van der Waals surface area contributed by atoms with Crippen LogP contribution in [0.3, 0.4) is 0 Å². The number of ether oxygens (including phenoxy) is 1. The van der Waals surface area contributed by atoms with Crippen molar-refractivity contribution in [1.29, 1.82) is 0 Å². The lowest BCUT2D eigenvalue weighted by atomic mass is 10.1. The molecule has 2 aromatic carbocycles. The van der Waals surface area contributed by atoms with Crippen LogP contribution in [0, 0.1) is 0 Å². The van der Waals surface area contributed by atoms with E-state index in [0.29, 0.717) is 10.2 Å². The molecule has 0 amide bonds. The Hall–Kier alpha value is -2.24. The number of methoxy groups -OCH3 is 1. The lowest BCUT2D eigenvalue weighted by Gasteiger charge is -2.11. The fourth-order valence-corrected chi connectivity index (χ4v) is 4.31. The van der Waals surface area contributed by atoms with Gasteiger partial charge in [-0.05, 0) is 39.2 Å². The molecule has 0 bridgehead atoms. The van der Waals surface area contributed by atoms with Crippen LogP contribution in [-0.2, 0) is 0 Å². The Kier molecular flexibility index (Phi) is 3.82. The Bertz CT molecular complexity index is 1080. The Morgan fingerprint density at radius 3 is 2.58 bits per heavy atom.